The lowest BCUT2D eigenvalue weighted by molar-refractivity contribution is 0.951. The van der Waals surface area contributed by atoms with Crippen LogP contribution in [0.1, 0.15) is 0 Å². The predicted octanol–water partition coefficient (Wildman–Crippen LogP) is 0.779. The molecule has 0 saturated heterocycles. The van der Waals surface area contributed by atoms with Crippen molar-refractivity contribution >= 4 is 30.3 Å². The molecule has 0 aromatic carbocycles. The maximum absolute atomic E-state index is 5.26. The Bertz CT molecular complexity index is 310. The van der Waals surface area contributed by atoms with E-state index < -0.39 is 0 Å². The van der Waals surface area contributed by atoms with E-state index in [4.69, 9.17) is 18.0 Å². The molecule has 0 radical (unpaired) electrons. The Balaban J connectivity index is 3.52. The molecule has 0 aliphatic heterocycles. The summed E-state index contributed by atoms with van der Waals surface area (Å²) in [7, 11) is 0. The average Bonchev–Trinajstić information content (AvgIpc) is 1.80. The van der Waals surface area contributed by atoms with Crippen LogP contribution in [-0.2, 0) is 0 Å². The number of rotatable bonds is 0. The Kier molecular flexibility index (Phi) is 1.58. The molecule has 4 N–H and O–H groups in total. The number of hydrogen-bond donors (Lipinski definition) is 3. The van der Waals surface area contributed by atoms with Gasteiger partial charge in [0, 0.05) is 0 Å². The molecule has 9 heavy (non-hydrogen) atoms. The topological polar surface area (TPSA) is 70.5 Å². The van der Waals surface area contributed by atoms with E-state index in [1.807, 2.05) is 0 Å². The second kappa shape index (κ2) is 2.24. The maximum Gasteiger partial charge on any atom is 0.192 e. The second-order valence-corrected chi connectivity index (χ2v) is 2.21. The van der Waals surface area contributed by atoms with Crippen LogP contribution in [0.2, 0.25) is 0 Å². The molecule has 0 atom stereocenters. The molecule has 6 heteroatoms. The minimum atomic E-state index is 0.263. The molecule has 0 aliphatic carbocycles. The standard InChI is InChI=1S/C3H4N4S2/c4-1-2(8)5-3(9)7-6-1/h(H2,4,6)(H2,5,7,8,9). The summed E-state index contributed by atoms with van der Waals surface area (Å²) in [6.07, 6.45) is 0. The fourth-order valence-corrected chi connectivity index (χ4v) is 0.717. The van der Waals surface area contributed by atoms with Crippen molar-refractivity contribution in [3.8, 4) is 0 Å². The van der Waals surface area contributed by atoms with Gasteiger partial charge in [0.25, 0.3) is 0 Å². The van der Waals surface area contributed by atoms with Crippen molar-refractivity contribution in [1.82, 2.24) is 15.2 Å². The molecule has 0 unspecified atom stereocenters. The highest BCUT2D eigenvalue weighted by atomic mass is 32.1. The van der Waals surface area contributed by atoms with Crippen LogP contribution < -0.4 is 5.73 Å². The number of hydrogen-bond acceptors (Lipinski definition) is 4. The third-order valence-electron chi connectivity index (χ3n) is 0.738. The minimum Gasteiger partial charge on any atom is -0.380 e. The van der Waals surface area contributed by atoms with E-state index >= 15 is 0 Å². The van der Waals surface area contributed by atoms with Crippen molar-refractivity contribution in [2.75, 3.05) is 5.73 Å². The highest BCUT2D eigenvalue weighted by molar-refractivity contribution is 7.72. The third-order valence-corrected chi connectivity index (χ3v) is 1.24. The number of aromatic amines is 2. The van der Waals surface area contributed by atoms with Gasteiger partial charge in [-0.1, -0.05) is 12.2 Å². The molecule has 0 amide bonds. The summed E-state index contributed by atoms with van der Waals surface area (Å²) in [6, 6.07) is 0. The molecule has 0 bridgehead atoms. The Morgan fingerprint density at radius 1 is 1.44 bits per heavy atom. The third kappa shape index (κ3) is 1.33. The molecule has 1 rings (SSSR count). The molecule has 0 aliphatic rings. The van der Waals surface area contributed by atoms with Crippen molar-refractivity contribution in [1.29, 1.82) is 0 Å². The van der Waals surface area contributed by atoms with Gasteiger partial charge in [-0.25, -0.2) is 0 Å². The van der Waals surface area contributed by atoms with Gasteiger partial charge in [0.05, 0.1) is 0 Å². The number of nitrogens with two attached hydrogens (primary N) is 1. The first kappa shape index (κ1) is 6.37. The fraction of sp³-hybridized carbons (Fsp3) is 0. The van der Waals surface area contributed by atoms with Crippen molar-refractivity contribution in [2.24, 2.45) is 0 Å². The quantitative estimate of drug-likeness (QED) is 0.490. The van der Waals surface area contributed by atoms with E-state index in [0.717, 1.165) is 0 Å². The van der Waals surface area contributed by atoms with Gasteiger partial charge in [-0.3, -0.25) is 5.10 Å². The van der Waals surface area contributed by atoms with Crippen LogP contribution in [0.15, 0.2) is 0 Å². The lowest BCUT2D eigenvalue weighted by Crippen LogP contribution is -1.95. The SMILES string of the molecule is Nc1n[nH]c(=S)[nH]c1=S. The average molecular weight is 160 g/mol. The molecular weight excluding hydrogens is 156 g/mol. The van der Waals surface area contributed by atoms with E-state index in [0.29, 0.717) is 9.41 Å². The van der Waals surface area contributed by atoms with Gasteiger partial charge >= 0.3 is 0 Å². The number of H-pyrrole nitrogens is 2. The summed E-state index contributed by atoms with van der Waals surface area (Å²) in [5, 5.41) is 6.05. The summed E-state index contributed by atoms with van der Waals surface area (Å²) >= 11 is 9.37. The van der Waals surface area contributed by atoms with Crippen LogP contribution >= 0.6 is 24.4 Å². The maximum atomic E-state index is 5.26. The van der Waals surface area contributed by atoms with E-state index in [9.17, 15) is 0 Å². The summed E-state index contributed by atoms with van der Waals surface area (Å²) < 4.78 is 0.757. The van der Waals surface area contributed by atoms with Gasteiger partial charge in [0.2, 0.25) is 0 Å². The van der Waals surface area contributed by atoms with Gasteiger partial charge in [-0.05, 0) is 12.2 Å². The molecule has 4 nitrogen and oxygen atoms in total. The van der Waals surface area contributed by atoms with Crippen LogP contribution in [0.25, 0.3) is 0 Å². The Morgan fingerprint density at radius 3 is 2.56 bits per heavy atom. The van der Waals surface area contributed by atoms with Gasteiger partial charge in [-0.2, -0.15) is 5.10 Å². The van der Waals surface area contributed by atoms with Crippen molar-refractivity contribution < 1.29 is 0 Å². The Morgan fingerprint density at radius 2 is 2.11 bits per heavy atom. The first-order valence-corrected chi connectivity index (χ1v) is 2.96. The first-order chi connectivity index (χ1) is 4.20. The smallest absolute Gasteiger partial charge is 0.192 e. The Hall–Kier alpha value is -0.750. The normalized spacial score (nSPS) is 9.33. The van der Waals surface area contributed by atoms with Crippen molar-refractivity contribution in [2.45, 2.75) is 0 Å². The van der Waals surface area contributed by atoms with Crippen LogP contribution in [-0.4, -0.2) is 15.2 Å². The first-order valence-electron chi connectivity index (χ1n) is 2.14. The number of aromatic nitrogens is 3. The predicted molar refractivity (Wildman–Crippen MR) is 39.0 cm³/mol. The lowest BCUT2D eigenvalue weighted by Gasteiger charge is -1.88. The molecule has 1 heterocycles. The summed E-state index contributed by atoms with van der Waals surface area (Å²) in [5.41, 5.74) is 5.26. The van der Waals surface area contributed by atoms with Gasteiger partial charge in [0.1, 0.15) is 4.64 Å². The largest absolute Gasteiger partial charge is 0.380 e. The van der Waals surface area contributed by atoms with E-state index in [2.05, 4.69) is 27.4 Å². The Labute approximate surface area is 61.1 Å². The molecule has 0 saturated carbocycles. The number of nitrogens with one attached hydrogen (secondary N) is 2. The highest BCUT2D eigenvalue weighted by Crippen LogP contribution is 1.91. The van der Waals surface area contributed by atoms with Gasteiger partial charge < -0.3 is 10.7 Å². The number of anilines is 1. The lowest BCUT2D eigenvalue weighted by atomic mass is 10.8. The summed E-state index contributed by atoms with van der Waals surface area (Å²) in [5.74, 6) is 0.263. The van der Waals surface area contributed by atoms with Crippen molar-refractivity contribution in [3.05, 3.63) is 9.41 Å². The summed E-state index contributed by atoms with van der Waals surface area (Å²) in [4.78, 5) is 2.62. The zero-order chi connectivity index (χ0) is 6.85. The molecular formula is C3H4N4S2. The van der Waals surface area contributed by atoms with Crippen LogP contribution in [0.5, 0.6) is 0 Å². The zero-order valence-electron chi connectivity index (χ0n) is 4.34. The zero-order valence-corrected chi connectivity index (χ0v) is 5.97. The summed E-state index contributed by atoms with van der Waals surface area (Å²) in [6.45, 7) is 0. The van der Waals surface area contributed by atoms with E-state index in [1.54, 1.807) is 0 Å². The molecule has 0 spiro atoms. The van der Waals surface area contributed by atoms with Crippen LogP contribution in [0.3, 0.4) is 0 Å². The molecule has 1 aromatic rings. The van der Waals surface area contributed by atoms with Crippen molar-refractivity contribution in [3.63, 3.8) is 0 Å². The molecule has 1 aromatic heterocycles. The van der Waals surface area contributed by atoms with Gasteiger partial charge in [0.15, 0.2) is 10.6 Å². The number of nitrogens with zero attached hydrogens (tertiary/aromatic N) is 1. The number of nitrogen functional groups attached to an aromatic ring is 1. The van der Waals surface area contributed by atoms with E-state index in [-0.39, 0.29) is 5.82 Å². The second-order valence-electron chi connectivity index (χ2n) is 1.39. The highest BCUT2D eigenvalue weighted by Gasteiger charge is 1.85. The fourth-order valence-electron chi connectivity index (χ4n) is 0.357. The molecule has 48 valence electrons. The van der Waals surface area contributed by atoms with Crippen LogP contribution in [0.4, 0.5) is 5.82 Å². The molecule has 0 fully saturated rings. The monoisotopic (exact) mass is 160 g/mol. The van der Waals surface area contributed by atoms with Gasteiger partial charge in [-0.15, -0.1) is 0 Å². The van der Waals surface area contributed by atoms with Crippen LogP contribution in [0, 0.1) is 9.41 Å². The minimum absolute atomic E-state index is 0.263. The van der Waals surface area contributed by atoms with E-state index in [1.165, 1.54) is 0 Å².